The smallest absolute Gasteiger partial charge is 0.308 e. The Labute approximate surface area is 121 Å². The fourth-order valence-corrected chi connectivity index (χ4v) is 2.82. The van der Waals surface area contributed by atoms with Crippen LogP contribution in [0.2, 0.25) is 0 Å². The molecule has 1 N–H and O–H groups in total. The lowest BCUT2D eigenvalue weighted by Gasteiger charge is -2.39. The van der Waals surface area contributed by atoms with Crippen LogP contribution in [0.25, 0.3) is 0 Å². The van der Waals surface area contributed by atoms with Gasteiger partial charge >= 0.3 is 5.97 Å². The van der Waals surface area contributed by atoms with Gasteiger partial charge in [0, 0.05) is 25.1 Å². The minimum absolute atomic E-state index is 0.106. The Morgan fingerprint density at radius 3 is 2.81 bits per heavy atom. The number of carbonyl (C=O) groups excluding carboxylic acids is 1. The van der Waals surface area contributed by atoms with Crippen LogP contribution in [-0.2, 0) is 9.59 Å². The molecule has 1 aliphatic heterocycles. The number of likely N-dealkylation sites (tertiary alicyclic amines) is 1. The number of hydrogen-bond acceptors (Lipinski definition) is 4. The molecule has 21 heavy (non-hydrogen) atoms. The van der Waals surface area contributed by atoms with Crippen molar-refractivity contribution in [3.05, 3.63) is 39.9 Å². The van der Waals surface area contributed by atoms with Crippen LogP contribution in [-0.4, -0.2) is 33.4 Å². The van der Waals surface area contributed by atoms with Gasteiger partial charge in [-0.2, -0.15) is 0 Å². The van der Waals surface area contributed by atoms with Crippen LogP contribution in [0.3, 0.4) is 0 Å². The predicted molar refractivity (Wildman–Crippen MR) is 73.6 cm³/mol. The number of rotatable bonds is 4. The lowest BCUT2D eigenvalue weighted by Crippen LogP contribution is -2.45. The Bertz CT molecular complexity index is 584. The Morgan fingerprint density at radius 1 is 1.52 bits per heavy atom. The third-order valence-electron chi connectivity index (χ3n) is 3.79. The van der Waals surface area contributed by atoms with Gasteiger partial charge in [0.15, 0.2) is 0 Å². The number of carboxylic acid groups (broad SMARTS) is 1. The van der Waals surface area contributed by atoms with Crippen molar-refractivity contribution in [2.45, 2.75) is 25.8 Å². The first kappa shape index (κ1) is 15.0. The molecule has 2 unspecified atom stereocenters. The highest BCUT2D eigenvalue weighted by Crippen LogP contribution is 2.37. The van der Waals surface area contributed by atoms with Crippen molar-refractivity contribution in [1.29, 1.82) is 0 Å². The Morgan fingerprint density at radius 2 is 2.24 bits per heavy atom. The summed E-state index contributed by atoms with van der Waals surface area (Å²) in [5.41, 5.74) is 0.386. The summed E-state index contributed by atoms with van der Waals surface area (Å²) in [6.45, 7) is 2.14. The Balaban J connectivity index is 2.47. The molecule has 2 atom stereocenters. The molecule has 7 heteroatoms. The molecule has 1 fully saturated rings. The number of carbonyl (C=O) groups is 2. The zero-order chi connectivity index (χ0) is 15.6. The summed E-state index contributed by atoms with van der Waals surface area (Å²) in [6.07, 6.45) is 0.439. The van der Waals surface area contributed by atoms with Crippen LogP contribution in [0.5, 0.6) is 0 Å². The molecule has 112 valence electrons. The van der Waals surface area contributed by atoms with Crippen molar-refractivity contribution in [3.63, 3.8) is 0 Å². The number of carboxylic acids is 1. The van der Waals surface area contributed by atoms with E-state index in [4.69, 9.17) is 0 Å². The van der Waals surface area contributed by atoms with E-state index in [9.17, 15) is 24.8 Å². The zero-order valence-corrected chi connectivity index (χ0v) is 11.6. The molecule has 2 rings (SSSR count). The maximum absolute atomic E-state index is 12.0. The van der Waals surface area contributed by atoms with E-state index in [1.54, 1.807) is 13.0 Å². The maximum Gasteiger partial charge on any atom is 0.308 e. The van der Waals surface area contributed by atoms with Crippen molar-refractivity contribution in [1.82, 2.24) is 4.90 Å². The van der Waals surface area contributed by atoms with Crippen molar-refractivity contribution in [2.75, 3.05) is 6.54 Å². The first-order valence-electron chi connectivity index (χ1n) is 6.72. The summed E-state index contributed by atoms with van der Waals surface area (Å²) in [7, 11) is 0. The molecule has 0 aromatic heterocycles. The van der Waals surface area contributed by atoms with E-state index in [0.29, 0.717) is 12.1 Å². The van der Waals surface area contributed by atoms with Gasteiger partial charge in [-0.1, -0.05) is 12.1 Å². The van der Waals surface area contributed by atoms with Crippen LogP contribution >= 0.6 is 0 Å². The van der Waals surface area contributed by atoms with Gasteiger partial charge in [-0.15, -0.1) is 0 Å². The molecule has 1 heterocycles. The fraction of sp³-hybridized carbons (Fsp3) is 0.429. The minimum Gasteiger partial charge on any atom is -0.481 e. The molecule has 0 spiro atoms. The molecule has 0 aliphatic carbocycles. The second kappa shape index (κ2) is 5.90. The summed E-state index contributed by atoms with van der Waals surface area (Å²) in [5.74, 6) is -1.85. The second-order valence-electron chi connectivity index (χ2n) is 4.96. The van der Waals surface area contributed by atoms with E-state index in [1.807, 2.05) is 0 Å². The molecule has 0 bridgehead atoms. The topological polar surface area (TPSA) is 101 Å². The third-order valence-corrected chi connectivity index (χ3v) is 3.79. The number of piperidine rings is 1. The maximum atomic E-state index is 12.0. The molecule has 1 saturated heterocycles. The average molecular weight is 292 g/mol. The van der Waals surface area contributed by atoms with Gasteiger partial charge in [-0.05, 0) is 18.9 Å². The highest BCUT2D eigenvalue weighted by atomic mass is 16.6. The van der Waals surface area contributed by atoms with Crippen LogP contribution in [0.15, 0.2) is 24.3 Å². The minimum atomic E-state index is -0.988. The molecule has 0 saturated carbocycles. The number of non-ortho nitro benzene ring substituents is 1. The number of hydrogen-bond donors (Lipinski definition) is 1. The quantitative estimate of drug-likeness (QED) is 0.675. The SMILES string of the molecule is CCN1C(=O)CCC(C(=O)O)C1c1cccc([N+](=O)[O-])c1. The lowest BCUT2D eigenvalue weighted by molar-refractivity contribution is -0.385. The summed E-state index contributed by atoms with van der Waals surface area (Å²) in [6, 6.07) is 5.18. The van der Waals surface area contributed by atoms with Crippen LogP contribution in [0.1, 0.15) is 31.4 Å². The van der Waals surface area contributed by atoms with Crippen molar-refractivity contribution < 1.29 is 19.6 Å². The van der Waals surface area contributed by atoms with Gasteiger partial charge < -0.3 is 10.0 Å². The van der Waals surface area contributed by atoms with E-state index in [0.717, 1.165) is 0 Å². The molecule has 7 nitrogen and oxygen atoms in total. The summed E-state index contributed by atoms with van der Waals surface area (Å²) in [5, 5.41) is 20.3. The predicted octanol–water partition coefficient (Wildman–Crippen LogP) is 1.98. The van der Waals surface area contributed by atoms with E-state index in [-0.39, 0.29) is 24.4 Å². The fourth-order valence-electron chi connectivity index (χ4n) is 2.82. The Kier molecular flexibility index (Phi) is 4.21. The molecular weight excluding hydrogens is 276 g/mol. The van der Waals surface area contributed by atoms with E-state index >= 15 is 0 Å². The lowest BCUT2D eigenvalue weighted by atomic mass is 9.84. The molecule has 1 aromatic rings. The van der Waals surface area contributed by atoms with Crippen LogP contribution < -0.4 is 0 Å². The van der Waals surface area contributed by atoms with Gasteiger partial charge in [-0.3, -0.25) is 19.7 Å². The van der Waals surface area contributed by atoms with Gasteiger partial charge in [-0.25, -0.2) is 0 Å². The number of nitro groups is 1. The zero-order valence-electron chi connectivity index (χ0n) is 11.6. The number of nitrogens with zero attached hydrogens (tertiary/aromatic N) is 2. The summed E-state index contributed by atoms with van der Waals surface area (Å²) < 4.78 is 0. The first-order valence-corrected chi connectivity index (χ1v) is 6.72. The largest absolute Gasteiger partial charge is 0.481 e. The van der Waals surface area contributed by atoms with Gasteiger partial charge in [0.1, 0.15) is 0 Å². The van der Waals surface area contributed by atoms with Gasteiger partial charge in [0.25, 0.3) is 5.69 Å². The average Bonchev–Trinajstić information content (AvgIpc) is 2.46. The standard InChI is InChI=1S/C14H16N2O5/c1-2-15-12(17)7-6-11(14(18)19)13(15)9-4-3-5-10(8-9)16(20)21/h3-5,8,11,13H,2,6-7H2,1H3,(H,18,19). The highest BCUT2D eigenvalue weighted by molar-refractivity contribution is 5.81. The molecular formula is C14H16N2O5. The number of nitro benzene ring substituents is 1. The summed E-state index contributed by atoms with van der Waals surface area (Å²) in [4.78, 5) is 35.3. The number of amides is 1. The monoisotopic (exact) mass is 292 g/mol. The molecule has 1 aromatic carbocycles. The normalized spacial score (nSPS) is 22.1. The molecule has 0 radical (unpaired) electrons. The van der Waals surface area contributed by atoms with E-state index in [1.165, 1.54) is 23.1 Å². The van der Waals surface area contributed by atoms with Crippen molar-refractivity contribution in [2.24, 2.45) is 5.92 Å². The van der Waals surface area contributed by atoms with Crippen LogP contribution in [0.4, 0.5) is 5.69 Å². The van der Waals surface area contributed by atoms with Crippen molar-refractivity contribution >= 4 is 17.6 Å². The Hall–Kier alpha value is -2.44. The summed E-state index contributed by atoms with van der Waals surface area (Å²) >= 11 is 0. The molecule has 1 amide bonds. The first-order chi connectivity index (χ1) is 9.95. The van der Waals surface area contributed by atoms with Gasteiger partial charge in [0.05, 0.1) is 16.9 Å². The number of aliphatic carboxylic acids is 1. The van der Waals surface area contributed by atoms with Crippen molar-refractivity contribution in [3.8, 4) is 0 Å². The highest BCUT2D eigenvalue weighted by Gasteiger charge is 2.40. The number of benzene rings is 1. The van der Waals surface area contributed by atoms with Crippen LogP contribution in [0, 0.1) is 16.0 Å². The van der Waals surface area contributed by atoms with E-state index < -0.39 is 22.9 Å². The van der Waals surface area contributed by atoms with E-state index in [2.05, 4.69) is 0 Å². The molecule has 1 aliphatic rings. The van der Waals surface area contributed by atoms with Gasteiger partial charge in [0.2, 0.25) is 5.91 Å². The second-order valence-corrected chi connectivity index (χ2v) is 4.96. The third kappa shape index (κ3) is 2.86.